The molecule has 0 aliphatic rings. The summed E-state index contributed by atoms with van der Waals surface area (Å²) in [6.45, 7) is 6.83. The van der Waals surface area contributed by atoms with Crippen molar-refractivity contribution in [2.24, 2.45) is 5.73 Å². The van der Waals surface area contributed by atoms with Crippen molar-refractivity contribution >= 4 is 0 Å². The van der Waals surface area contributed by atoms with Crippen molar-refractivity contribution in [3.8, 4) is 0 Å². The summed E-state index contributed by atoms with van der Waals surface area (Å²) >= 11 is 0. The second-order valence-electron chi connectivity index (χ2n) is 4.64. The quantitative estimate of drug-likeness (QED) is 0.803. The second kappa shape index (κ2) is 6.02. The molecule has 2 atom stereocenters. The molecule has 0 radical (unpaired) electrons. The largest absolute Gasteiger partial charge is 0.392 e. The minimum Gasteiger partial charge on any atom is -0.392 e. The van der Waals surface area contributed by atoms with E-state index in [4.69, 9.17) is 5.73 Å². The zero-order chi connectivity index (χ0) is 12.1. The fraction of sp³-hybridized carbons (Fsp3) is 0.571. The Kier molecular flexibility index (Phi) is 4.97. The van der Waals surface area contributed by atoms with Crippen molar-refractivity contribution < 1.29 is 5.11 Å². The normalized spacial score (nSPS) is 15.1. The van der Waals surface area contributed by atoms with Gasteiger partial charge in [0, 0.05) is 12.5 Å². The molecule has 0 amide bonds. The van der Waals surface area contributed by atoms with Crippen molar-refractivity contribution in [3.63, 3.8) is 0 Å². The van der Waals surface area contributed by atoms with Gasteiger partial charge in [0.15, 0.2) is 0 Å². The summed E-state index contributed by atoms with van der Waals surface area (Å²) in [7, 11) is 0. The molecule has 0 spiro atoms. The first-order chi connectivity index (χ1) is 7.60. The highest BCUT2D eigenvalue weighted by molar-refractivity contribution is 5.28. The zero-order valence-electron chi connectivity index (χ0n) is 10.5. The molecule has 0 aliphatic heterocycles. The predicted molar refractivity (Wildman–Crippen MR) is 68.6 cm³/mol. The molecule has 0 fully saturated rings. The Bertz CT molecular complexity index is 305. The molecular formula is C14H23NO. The summed E-state index contributed by atoms with van der Waals surface area (Å²) in [4.78, 5) is 0. The molecule has 2 heteroatoms. The average Bonchev–Trinajstić information content (AvgIpc) is 2.30. The third-order valence-corrected chi connectivity index (χ3v) is 3.17. The Balaban J connectivity index is 2.86. The maximum absolute atomic E-state index is 9.87. The van der Waals surface area contributed by atoms with Crippen molar-refractivity contribution in [1.82, 2.24) is 0 Å². The van der Waals surface area contributed by atoms with E-state index in [1.54, 1.807) is 0 Å². The van der Waals surface area contributed by atoms with E-state index in [1.807, 2.05) is 6.92 Å². The molecular weight excluding hydrogens is 198 g/mol. The number of hydrogen-bond acceptors (Lipinski definition) is 2. The van der Waals surface area contributed by atoms with E-state index >= 15 is 0 Å². The fourth-order valence-electron chi connectivity index (χ4n) is 1.93. The molecule has 2 unspecified atom stereocenters. The lowest BCUT2D eigenvalue weighted by atomic mass is 9.90. The van der Waals surface area contributed by atoms with Gasteiger partial charge in [0.1, 0.15) is 0 Å². The van der Waals surface area contributed by atoms with Crippen LogP contribution in [-0.4, -0.2) is 17.8 Å². The number of benzene rings is 1. The average molecular weight is 221 g/mol. The molecule has 90 valence electrons. The van der Waals surface area contributed by atoms with E-state index in [2.05, 4.69) is 38.1 Å². The fourth-order valence-corrected chi connectivity index (χ4v) is 1.93. The summed E-state index contributed by atoms with van der Waals surface area (Å²) in [6, 6.07) is 8.44. The third kappa shape index (κ3) is 3.06. The lowest BCUT2D eigenvalue weighted by molar-refractivity contribution is 0.141. The molecule has 3 N–H and O–H groups in total. The topological polar surface area (TPSA) is 46.2 Å². The highest BCUT2D eigenvalue weighted by atomic mass is 16.3. The van der Waals surface area contributed by atoms with Crippen LogP contribution in [0.1, 0.15) is 50.2 Å². The number of aliphatic hydroxyl groups is 1. The van der Waals surface area contributed by atoms with Crippen molar-refractivity contribution in [1.29, 1.82) is 0 Å². The van der Waals surface area contributed by atoms with Crippen LogP contribution in [0.5, 0.6) is 0 Å². The third-order valence-electron chi connectivity index (χ3n) is 3.17. The monoisotopic (exact) mass is 221 g/mol. The Morgan fingerprint density at radius 3 is 2.00 bits per heavy atom. The van der Waals surface area contributed by atoms with Gasteiger partial charge in [-0.15, -0.1) is 0 Å². The Hall–Kier alpha value is -0.860. The molecule has 0 aromatic heterocycles. The SMILES string of the molecule is CCC(O)C(CN)c1ccc(C(C)C)cc1. The summed E-state index contributed by atoms with van der Waals surface area (Å²) in [5.41, 5.74) is 8.18. The van der Waals surface area contributed by atoms with Gasteiger partial charge in [-0.1, -0.05) is 45.0 Å². The van der Waals surface area contributed by atoms with Crippen LogP contribution in [0.2, 0.25) is 0 Å². The lowest BCUT2D eigenvalue weighted by Crippen LogP contribution is -2.25. The van der Waals surface area contributed by atoms with Gasteiger partial charge in [0.25, 0.3) is 0 Å². The smallest absolute Gasteiger partial charge is 0.0618 e. The minimum absolute atomic E-state index is 0.0613. The number of rotatable bonds is 5. The van der Waals surface area contributed by atoms with Gasteiger partial charge in [-0.3, -0.25) is 0 Å². The maximum Gasteiger partial charge on any atom is 0.0618 e. The van der Waals surface area contributed by atoms with E-state index in [9.17, 15) is 5.11 Å². The molecule has 0 bridgehead atoms. The van der Waals surface area contributed by atoms with Gasteiger partial charge in [0.2, 0.25) is 0 Å². The molecule has 1 aromatic carbocycles. The number of nitrogens with two attached hydrogens (primary N) is 1. The molecule has 16 heavy (non-hydrogen) atoms. The van der Waals surface area contributed by atoms with Crippen molar-refractivity contribution in [3.05, 3.63) is 35.4 Å². The van der Waals surface area contributed by atoms with Crippen LogP contribution in [-0.2, 0) is 0 Å². The first-order valence-corrected chi connectivity index (χ1v) is 6.08. The lowest BCUT2D eigenvalue weighted by Gasteiger charge is -2.21. The Morgan fingerprint density at radius 2 is 1.62 bits per heavy atom. The summed E-state index contributed by atoms with van der Waals surface area (Å²) in [5, 5.41) is 9.87. The van der Waals surface area contributed by atoms with E-state index < -0.39 is 0 Å². The predicted octanol–water partition coefficient (Wildman–Crippen LogP) is 2.62. The van der Waals surface area contributed by atoms with Gasteiger partial charge in [-0.2, -0.15) is 0 Å². The van der Waals surface area contributed by atoms with Crippen LogP contribution in [0.15, 0.2) is 24.3 Å². The van der Waals surface area contributed by atoms with Crippen molar-refractivity contribution in [2.75, 3.05) is 6.54 Å². The zero-order valence-corrected chi connectivity index (χ0v) is 10.5. The first-order valence-electron chi connectivity index (χ1n) is 6.08. The highest BCUT2D eigenvalue weighted by Crippen LogP contribution is 2.23. The summed E-state index contributed by atoms with van der Waals surface area (Å²) < 4.78 is 0. The van der Waals surface area contributed by atoms with Crippen LogP contribution in [0.3, 0.4) is 0 Å². The minimum atomic E-state index is -0.338. The number of hydrogen-bond donors (Lipinski definition) is 2. The summed E-state index contributed by atoms with van der Waals surface area (Å²) in [6.07, 6.45) is 0.406. The summed E-state index contributed by atoms with van der Waals surface area (Å²) in [5.74, 6) is 0.604. The van der Waals surface area contributed by atoms with E-state index in [0.29, 0.717) is 12.5 Å². The molecule has 2 nitrogen and oxygen atoms in total. The molecule has 0 aliphatic carbocycles. The number of aliphatic hydroxyl groups excluding tert-OH is 1. The molecule has 1 aromatic rings. The molecule has 0 heterocycles. The van der Waals surface area contributed by atoms with E-state index in [1.165, 1.54) is 5.56 Å². The molecule has 0 saturated heterocycles. The van der Waals surface area contributed by atoms with Gasteiger partial charge in [0.05, 0.1) is 6.10 Å². The van der Waals surface area contributed by atoms with E-state index in [-0.39, 0.29) is 12.0 Å². The standard InChI is InChI=1S/C14H23NO/c1-4-14(16)13(9-15)12-7-5-11(6-8-12)10(2)3/h5-8,10,13-14,16H,4,9,15H2,1-3H3. The van der Waals surface area contributed by atoms with Gasteiger partial charge in [-0.05, 0) is 23.5 Å². The van der Waals surface area contributed by atoms with Crippen LogP contribution >= 0.6 is 0 Å². The van der Waals surface area contributed by atoms with Crippen LogP contribution in [0, 0.1) is 0 Å². The first kappa shape index (κ1) is 13.2. The van der Waals surface area contributed by atoms with Gasteiger partial charge < -0.3 is 10.8 Å². The van der Waals surface area contributed by atoms with E-state index in [0.717, 1.165) is 12.0 Å². The van der Waals surface area contributed by atoms with Gasteiger partial charge >= 0.3 is 0 Å². The van der Waals surface area contributed by atoms with Crippen LogP contribution in [0.25, 0.3) is 0 Å². The Labute approximate surface area is 98.5 Å². The second-order valence-corrected chi connectivity index (χ2v) is 4.64. The maximum atomic E-state index is 9.87. The van der Waals surface area contributed by atoms with Crippen LogP contribution in [0.4, 0.5) is 0 Å². The van der Waals surface area contributed by atoms with Crippen molar-refractivity contribution in [2.45, 2.75) is 45.1 Å². The van der Waals surface area contributed by atoms with Gasteiger partial charge in [-0.25, -0.2) is 0 Å². The molecule has 1 rings (SSSR count). The van der Waals surface area contributed by atoms with Crippen LogP contribution < -0.4 is 5.73 Å². The molecule has 0 saturated carbocycles. The highest BCUT2D eigenvalue weighted by Gasteiger charge is 2.17. The Morgan fingerprint density at radius 1 is 1.12 bits per heavy atom.